The molecule has 0 aliphatic carbocycles. The van der Waals surface area contributed by atoms with Gasteiger partial charge in [0.15, 0.2) is 5.11 Å². The highest BCUT2D eigenvalue weighted by Crippen LogP contribution is 2.44. The molecule has 0 bridgehead atoms. The lowest BCUT2D eigenvalue weighted by atomic mass is 9.96. The van der Waals surface area contributed by atoms with Crippen molar-refractivity contribution < 1.29 is 4.74 Å². The van der Waals surface area contributed by atoms with Crippen molar-refractivity contribution in [3.8, 4) is 11.4 Å². The lowest BCUT2D eigenvalue weighted by Gasteiger charge is -2.28. The number of pyridine rings is 1. The summed E-state index contributed by atoms with van der Waals surface area (Å²) >= 11 is 5.92. The average molecular weight is 497 g/mol. The number of benzene rings is 2. The third-order valence-electron chi connectivity index (χ3n) is 7.16. The number of nitrogens with one attached hydrogen (secondary N) is 1. The molecule has 36 heavy (non-hydrogen) atoms. The fourth-order valence-corrected chi connectivity index (χ4v) is 5.79. The zero-order chi connectivity index (χ0) is 25.4. The van der Waals surface area contributed by atoms with Gasteiger partial charge in [0.1, 0.15) is 5.75 Å². The molecular weight excluding hydrogens is 464 g/mol. The highest BCUT2D eigenvalue weighted by Gasteiger charge is 2.42. The van der Waals surface area contributed by atoms with Crippen molar-refractivity contribution in [2.75, 3.05) is 12.0 Å². The molecule has 6 heteroatoms. The molecule has 1 N–H and O–H groups in total. The summed E-state index contributed by atoms with van der Waals surface area (Å²) in [5, 5.41) is 4.27. The molecule has 0 unspecified atom stereocenters. The van der Waals surface area contributed by atoms with Crippen molar-refractivity contribution in [3.05, 3.63) is 107 Å². The summed E-state index contributed by atoms with van der Waals surface area (Å²) in [4.78, 5) is 6.93. The quantitative estimate of drug-likeness (QED) is 0.307. The zero-order valence-corrected chi connectivity index (χ0v) is 22.3. The van der Waals surface area contributed by atoms with Crippen LogP contribution in [0, 0.1) is 20.8 Å². The molecule has 0 spiro atoms. The second-order valence-corrected chi connectivity index (χ2v) is 9.68. The highest BCUT2D eigenvalue weighted by atomic mass is 32.1. The van der Waals surface area contributed by atoms with Crippen molar-refractivity contribution in [3.63, 3.8) is 0 Å². The second kappa shape index (κ2) is 9.78. The van der Waals surface area contributed by atoms with E-state index in [9.17, 15) is 0 Å². The van der Waals surface area contributed by atoms with Crippen molar-refractivity contribution in [2.45, 2.75) is 46.2 Å². The molecule has 0 amide bonds. The van der Waals surface area contributed by atoms with Gasteiger partial charge in [-0.2, -0.15) is 0 Å². The number of ether oxygens (including phenoxy) is 1. The normalized spacial score (nSPS) is 17.4. The predicted octanol–water partition coefficient (Wildman–Crippen LogP) is 6.55. The molecule has 1 aliphatic rings. The molecule has 184 valence electrons. The molecule has 5 nitrogen and oxygen atoms in total. The lowest BCUT2D eigenvalue weighted by molar-refractivity contribution is 0.415. The van der Waals surface area contributed by atoms with Crippen LogP contribution in [0.3, 0.4) is 0 Å². The van der Waals surface area contributed by atoms with Crippen LogP contribution in [-0.4, -0.2) is 21.8 Å². The van der Waals surface area contributed by atoms with E-state index in [1.54, 1.807) is 7.11 Å². The van der Waals surface area contributed by atoms with Crippen LogP contribution in [0.2, 0.25) is 0 Å². The molecule has 1 saturated heterocycles. The number of nitrogens with zero attached hydrogens (tertiary/aromatic N) is 3. The van der Waals surface area contributed by atoms with Gasteiger partial charge in [0.05, 0.1) is 30.6 Å². The molecule has 5 rings (SSSR count). The fraction of sp³-hybridized carbons (Fsp3) is 0.267. The van der Waals surface area contributed by atoms with Gasteiger partial charge in [0.25, 0.3) is 0 Å². The third-order valence-corrected chi connectivity index (χ3v) is 7.48. The Morgan fingerprint density at radius 3 is 2.44 bits per heavy atom. The van der Waals surface area contributed by atoms with Crippen molar-refractivity contribution in [1.82, 2.24) is 14.9 Å². The summed E-state index contributed by atoms with van der Waals surface area (Å²) in [7, 11) is 1.68. The third kappa shape index (κ3) is 4.05. The summed E-state index contributed by atoms with van der Waals surface area (Å²) < 4.78 is 7.81. The largest absolute Gasteiger partial charge is 0.497 e. The minimum absolute atomic E-state index is 0.0603. The molecule has 1 fully saturated rings. The molecule has 0 saturated carbocycles. The van der Waals surface area contributed by atoms with Crippen LogP contribution in [0.25, 0.3) is 5.69 Å². The Hall–Kier alpha value is -3.64. The van der Waals surface area contributed by atoms with Crippen molar-refractivity contribution in [1.29, 1.82) is 0 Å². The maximum Gasteiger partial charge on any atom is 0.174 e. The fourth-order valence-electron chi connectivity index (χ4n) is 5.45. The molecule has 2 aromatic carbocycles. The Morgan fingerprint density at radius 2 is 1.78 bits per heavy atom. The number of aromatic nitrogens is 2. The summed E-state index contributed by atoms with van der Waals surface area (Å²) in [5.74, 6) is 0.819. The first-order valence-electron chi connectivity index (χ1n) is 12.4. The second-order valence-electron chi connectivity index (χ2n) is 9.29. The van der Waals surface area contributed by atoms with Crippen LogP contribution in [0.1, 0.15) is 52.8 Å². The van der Waals surface area contributed by atoms with E-state index in [2.05, 4.69) is 84.9 Å². The Kier molecular flexibility index (Phi) is 6.54. The Labute approximate surface area is 218 Å². The van der Waals surface area contributed by atoms with Gasteiger partial charge in [0, 0.05) is 23.3 Å². The van der Waals surface area contributed by atoms with E-state index in [1.165, 1.54) is 33.8 Å². The summed E-state index contributed by atoms with van der Waals surface area (Å²) in [5.41, 5.74) is 9.54. The molecule has 4 aromatic rings. The van der Waals surface area contributed by atoms with Crippen LogP contribution < -0.4 is 15.0 Å². The van der Waals surface area contributed by atoms with Crippen LogP contribution in [-0.2, 0) is 6.42 Å². The monoisotopic (exact) mass is 496 g/mol. The smallest absolute Gasteiger partial charge is 0.174 e. The number of methoxy groups -OCH3 is 1. The van der Waals surface area contributed by atoms with Crippen LogP contribution in [0.5, 0.6) is 5.75 Å². The molecule has 0 radical (unpaired) electrons. The van der Waals surface area contributed by atoms with E-state index < -0.39 is 0 Å². The highest BCUT2D eigenvalue weighted by molar-refractivity contribution is 7.80. The summed E-state index contributed by atoms with van der Waals surface area (Å²) in [6.07, 6.45) is 2.82. The topological polar surface area (TPSA) is 42.3 Å². The molecular formula is C30H32N4OS. The van der Waals surface area contributed by atoms with Gasteiger partial charge < -0.3 is 19.5 Å². The van der Waals surface area contributed by atoms with E-state index in [-0.39, 0.29) is 12.1 Å². The van der Waals surface area contributed by atoms with Crippen LogP contribution in [0.15, 0.2) is 72.9 Å². The van der Waals surface area contributed by atoms with Gasteiger partial charge in [-0.05, 0) is 98.6 Å². The molecule has 3 heterocycles. The van der Waals surface area contributed by atoms with Gasteiger partial charge in [-0.1, -0.05) is 31.2 Å². The van der Waals surface area contributed by atoms with Crippen molar-refractivity contribution in [2.24, 2.45) is 0 Å². The van der Waals surface area contributed by atoms with E-state index in [0.717, 1.165) is 23.6 Å². The van der Waals surface area contributed by atoms with Gasteiger partial charge >= 0.3 is 0 Å². The van der Waals surface area contributed by atoms with Crippen molar-refractivity contribution >= 4 is 23.0 Å². The van der Waals surface area contributed by atoms with Crippen LogP contribution >= 0.6 is 12.2 Å². The zero-order valence-electron chi connectivity index (χ0n) is 21.4. The van der Waals surface area contributed by atoms with Crippen LogP contribution in [0.4, 0.5) is 5.69 Å². The standard InChI is InChI=1S/C30H32N4OS/c1-6-22-11-9-10-19(2)28(22)33-20(3)18-25(21(33)4)29-27(26-12-7-8-17-31-26)32-30(36)34(29)23-13-15-24(35-5)16-14-23/h7-18,27,29H,6H2,1-5H3,(H,32,36)/t27-,29+/m0/s1. The minimum atomic E-state index is -0.0859. The maximum absolute atomic E-state index is 5.92. The number of anilines is 1. The molecule has 1 aliphatic heterocycles. The van der Waals surface area contributed by atoms with E-state index >= 15 is 0 Å². The lowest BCUT2D eigenvalue weighted by Crippen LogP contribution is -2.29. The van der Waals surface area contributed by atoms with Gasteiger partial charge in [-0.15, -0.1) is 0 Å². The number of hydrogen-bond acceptors (Lipinski definition) is 3. The first-order chi connectivity index (χ1) is 17.4. The Bertz CT molecular complexity index is 1390. The molecule has 2 atom stereocenters. The van der Waals surface area contributed by atoms with E-state index in [1.807, 2.05) is 30.5 Å². The first kappa shape index (κ1) is 24.1. The number of hydrogen-bond donors (Lipinski definition) is 1. The average Bonchev–Trinajstić information content (AvgIpc) is 3.39. The van der Waals surface area contributed by atoms with Gasteiger partial charge in [-0.3, -0.25) is 4.98 Å². The maximum atomic E-state index is 5.92. The Balaban J connectivity index is 1.70. The number of aryl methyl sites for hydroxylation is 3. The van der Waals surface area contributed by atoms with E-state index in [4.69, 9.17) is 21.9 Å². The first-order valence-corrected chi connectivity index (χ1v) is 12.8. The number of para-hydroxylation sites is 1. The number of rotatable bonds is 6. The Morgan fingerprint density at radius 1 is 1.00 bits per heavy atom. The van der Waals surface area contributed by atoms with E-state index in [0.29, 0.717) is 5.11 Å². The summed E-state index contributed by atoms with van der Waals surface area (Å²) in [6.45, 7) is 8.82. The number of thiocarbonyl (C=S) groups is 1. The van der Waals surface area contributed by atoms with Gasteiger partial charge in [-0.25, -0.2) is 0 Å². The van der Waals surface area contributed by atoms with Gasteiger partial charge in [0.2, 0.25) is 0 Å². The molecule has 2 aromatic heterocycles. The predicted molar refractivity (Wildman–Crippen MR) is 150 cm³/mol. The summed E-state index contributed by atoms with van der Waals surface area (Å²) in [6, 6.07) is 22.9. The minimum Gasteiger partial charge on any atom is -0.497 e. The SMILES string of the molecule is CCc1cccc(C)c1-n1c(C)cc([C@@H]2[C@H](c3ccccn3)NC(=S)N2c2ccc(OC)cc2)c1C.